The van der Waals surface area contributed by atoms with Crippen LogP contribution in [0.1, 0.15) is 47.0 Å². The number of aliphatic hydroxyl groups excluding tert-OH is 5. The number of carbonyl (C=O) groups is 1. The molecule has 4 aliphatic rings. The first-order valence-electron chi connectivity index (χ1n) is 13.1. The Morgan fingerprint density at radius 3 is 2.51 bits per heavy atom. The van der Waals surface area contributed by atoms with E-state index in [9.17, 15) is 40.5 Å². The molecule has 0 radical (unpaired) electrons. The third-order valence-electron chi connectivity index (χ3n) is 8.17. The van der Waals surface area contributed by atoms with Gasteiger partial charge in [-0.3, -0.25) is 0 Å². The van der Waals surface area contributed by atoms with E-state index in [1.54, 1.807) is 13.0 Å². The zero-order valence-corrected chi connectivity index (χ0v) is 22.6. The monoisotopic (exact) mass is 556 g/mol. The summed E-state index contributed by atoms with van der Waals surface area (Å²) in [6.45, 7) is 6.90. The molecule has 0 unspecified atom stereocenters. The molecule has 39 heavy (non-hydrogen) atoms. The second kappa shape index (κ2) is 10.9. The maximum absolute atomic E-state index is 12.1. The Bertz CT molecular complexity index is 1030. The van der Waals surface area contributed by atoms with Gasteiger partial charge in [-0.15, -0.1) is 0 Å². The van der Waals surface area contributed by atoms with Crippen LogP contribution in [-0.4, -0.2) is 115 Å². The summed E-state index contributed by atoms with van der Waals surface area (Å²) in [6.07, 6.45) is -3.90. The Hall–Kier alpha value is -1.71. The average molecular weight is 557 g/mol. The maximum atomic E-state index is 12.1. The van der Waals surface area contributed by atoms with Crippen LogP contribution in [0.4, 0.5) is 0 Å². The van der Waals surface area contributed by atoms with Crippen LogP contribution < -0.4 is 0 Å². The van der Waals surface area contributed by atoms with Crippen molar-refractivity contribution in [1.82, 2.24) is 0 Å². The van der Waals surface area contributed by atoms with Gasteiger partial charge in [0.05, 0.1) is 19.3 Å². The first-order valence-corrected chi connectivity index (χ1v) is 13.1. The molecule has 220 valence electrons. The smallest absolute Gasteiger partial charge is 0.341 e. The molecule has 0 aromatic carbocycles. The summed E-state index contributed by atoms with van der Waals surface area (Å²) in [7, 11) is 0. The van der Waals surface area contributed by atoms with Gasteiger partial charge >= 0.3 is 5.97 Å². The topological polar surface area (TPSA) is 196 Å². The van der Waals surface area contributed by atoms with Crippen LogP contribution in [0, 0.1) is 5.41 Å². The Balaban J connectivity index is 1.49. The largest absolute Gasteiger partial charge is 0.427 e. The van der Waals surface area contributed by atoms with E-state index in [2.05, 4.69) is 0 Å². The molecule has 3 saturated heterocycles. The van der Waals surface area contributed by atoms with Crippen molar-refractivity contribution in [2.24, 2.45) is 5.41 Å². The van der Waals surface area contributed by atoms with Crippen molar-refractivity contribution in [3.63, 3.8) is 0 Å². The summed E-state index contributed by atoms with van der Waals surface area (Å²) in [5.74, 6) is -3.28. The lowest BCUT2D eigenvalue weighted by Crippen LogP contribution is -2.60. The van der Waals surface area contributed by atoms with Crippen LogP contribution >= 0.6 is 0 Å². The third kappa shape index (κ3) is 5.47. The number of allylic oxidation sites excluding steroid dienone is 4. The lowest BCUT2D eigenvalue weighted by Gasteiger charge is -2.41. The third-order valence-corrected chi connectivity index (χ3v) is 8.17. The first kappa shape index (κ1) is 30.3. The highest BCUT2D eigenvalue weighted by atomic mass is 16.7. The molecule has 0 spiro atoms. The van der Waals surface area contributed by atoms with E-state index in [0.717, 1.165) is 11.1 Å². The van der Waals surface area contributed by atoms with E-state index in [1.807, 2.05) is 32.9 Å². The first-order chi connectivity index (χ1) is 18.1. The van der Waals surface area contributed by atoms with E-state index < -0.39 is 78.4 Å². The number of cyclic esters (lactones) is 1. The van der Waals surface area contributed by atoms with Gasteiger partial charge in [-0.2, -0.15) is 0 Å². The molecular formula is C27H40O12. The molecule has 0 saturated carbocycles. The fourth-order valence-electron chi connectivity index (χ4n) is 5.78. The molecule has 10 atom stereocenters. The lowest BCUT2D eigenvalue weighted by atomic mass is 9.79. The zero-order valence-electron chi connectivity index (χ0n) is 22.6. The highest BCUT2D eigenvalue weighted by Crippen LogP contribution is 2.46. The molecular weight excluding hydrogens is 516 g/mol. The SMILES string of the molecule is CC(=CC[C@]1(O)OC(=O)[C@H]2OC[C@H](O)[C@@]21O)C=C1C=C(C)C[C@@H](O[C@@H]2O[C@H](CO)[C@@H](O)[C@H](O)[C@H]2O)CC1(C)C. The van der Waals surface area contributed by atoms with E-state index >= 15 is 0 Å². The zero-order chi connectivity index (χ0) is 28.9. The maximum Gasteiger partial charge on any atom is 0.341 e. The fraction of sp³-hybridized carbons (Fsp3) is 0.741. The van der Waals surface area contributed by atoms with Gasteiger partial charge in [-0.1, -0.05) is 43.2 Å². The summed E-state index contributed by atoms with van der Waals surface area (Å²) >= 11 is 0. The molecule has 4 rings (SSSR count). The molecule has 0 aromatic rings. The van der Waals surface area contributed by atoms with Gasteiger partial charge in [0.2, 0.25) is 5.79 Å². The van der Waals surface area contributed by atoms with Crippen LogP contribution in [-0.2, 0) is 23.7 Å². The molecule has 3 heterocycles. The van der Waals surface area contributed by atoms with Crippen LogP contribution in [0.25, 0.3) is 0 Å². The van der Waals surface area contributed by atoms with Gasteiger partial charge in [0.25, 0.3) is 0 Å². The van der Waals surface area contributed by atoms with E-state index in [4.69, 9.17) is 18.9 Å². The van der Waals surface area contributed by atoms with Crippen LogP contribution in [0.2, 0.25) is 0 Å². The highest BCUT2D eigenvalue weighted by Gasteiger charge is 2.73. The molecule has 3 aliphatic heterocycles. The van der Waals surface area contributed by atoms with E-state index in [0.29, 0.717) is 18.4 Å². The molecule has 12 heteroatoms. The van der Waals surface area contributed by atoms with Crippen molar-refractivity contribution < 1.29 is 59.5 Å². The van der Waals surface area contributed by atoms with Crippen molar-refractivity contribution in [1.29, 1.82) is 0 Å². The van der Waals surface area contributed by atoms with Gasteiger partial charge in [0.1, 0.15) is 30.5 Å². The number of hydrogen-bond acceptors (Lipinski definition) is 12. The van der Waals surface area contributed by atoms with Crippen molar-refractivity contribution in [2.75, 3.05) is 13.2 Å². The fourth-order valence-corrected chi connectivity index (χ4v) is 5.78. The second-order valence-corrected chi connectivity index (χ2v) is 11.8. The molecule has 0 aromatic heterocycles. The number of ether oxygens (including phenoxy) is 4. The van der Waals surface area contributed by atoms with E-state index in [-0.39, 0.29) is 13.0 Å². The number of hydrogen-bond donors (Lipinski definition) is 7. The second-order valence-electron chi connectivity index (χ2n) is 11.8. The summed E-state index contributed by atoms with van der Waals surface area (Å²) < 4.78 is 21.7. The van der Waals surface area contributed by atoms with Crippen molar-refractivity contribution in [3.8, 4) is 0 Å². The Morgan fingerprint density at radius 2 is 1.85 bits per heavy atom. The Kier molecular flexibility index (Phi) is 8.48. The molecule has 12 nitrogen and oxygen atoms in total. The van der Waals surface area contributed by atoms with Gasteiger partial charge in [0, 0.05) is 6.42 Å². The van der Waals surface area contributed by atoms with Crippen molar-refractivity contribution >= 4 is 5.97 Å². The number of carbonyl (C=O) groups excluding carboxylic acids is 1. The summed E-state index contributed by atoms with van der Waals surface area (Å²) in [5.41, 5.74) is -0.103. The van der Waals surface area contributed by atoms with Gasteiger partial charge < -0.3 is 54.7 Å². The molecule has 7 N–H and O–H groups in total. The highest BCUT2D eigenvalue weighted by molar-refractivity contribution is 5.80. The minimum absolute atomic E-state index is 0.270. The predicted octanol–water partition coefficient (Wildman–Crippen LogP) is -1.06. The normalized spacial score (nSPS) is 45.6. The summed E-state index contributed by atoms with van der Waals surface area (Å²) in [5, 5.41) is 72.1. The van der Waals surface area contributed by atoms with Crippen LogP contribution in [0.15, 0.2) is 34.9 Å². The Labute approximate surface area is 226 Å². The van der Waals surface area contributed by atoms with Crippen molar-refractivity contribution in [2.45, 2.75) is 107 Å². The quantitative estimate of drug-likeness (QED) is 0.196. The summed E-state index contributed by atoms with van der Waals surface area (Å²) in [6, 6.07) is 0. The van der Waals surface area contributed by atoms with Crippen LogP contribution in [0.3, 0.4) is 0 Å². The number of esters is 1. The average Bonchev–Trinajstić information content (AvgIpc) is 3.23. The number of fused-ring (bicyclic) bond motifs is 1. The number of aliphatic hydroxyl groups is 7. The minimum Gasteiger partial charge on any atom is -0.427 e. The van der Waals surface area contributed by atoms with Gasteiger partial charge in [0.15, 0.2) is 18.0 Å². The standard InChI is InChI=1S/C27H40O12/c1-13(5-6-26(34)27(35)18(29)12-36-22(27)23(33)39-26)7-15-8-14(2)9-16(10-25(15,3)4)37-24-21(32)20(31)19(30)17(11-28)38-24/h5,7-8,16-22,24,28-32,34-35H,6,9-12H2,1-4H3/t16-,17-,18+,19-,20+,21-,22-,24-,26+,27-/m1/s1. The predicted molar refractivity (Wildman–Crippen MR) is 134 cm³/mol. The Morgan fingerprint density at radius 1 is 1.15 bits per heavy atom. The van der Waals surface area contributed by atoms with E-state index in [1.165, 1.54) is 0 Å². The lowest BCUT2D eigenvalue weighted by molar-refractivity contribution is -0.312. The molecule has 0 amide bonds. The van der Waals surface area contributed by atoms with Gasteiger partial charge in [-0.25, -0.2) is 4.79 Å². The molecule has 3 fully saturated rings. The molecule has 1 aliphatic carbocycles. The summed E-state index contributed by atoms with van der Waals surface area (Å²) in [4.78, 5) is 12.1. The number of rotatable bonds is 6. The van der Waals surface area contributed by atoms with Crippen LogP contribution in [0.5, 0.6) is 0 Å². The van der Waals surface area contributed by atoms with Crippen molar-refractivity contribution in [3.05, 3.63) is 34.9 Å². The minimum atomic E-state index is -2.35. The molecule has 0 bridgehead atoms. The van der Waals surface area contributed by atoms with Gasteiger partial charge in [-0.05, 0) is 37.7 Å².